The zero-order chi connectivity index (χ0) is 14.7. The minimum atomic E-state index is -0.325. The van der Waals surface area contributed by atoms with Gasteiger partial charge in [-0.15, -0.1) is 0 Å². The van der Waals surface area contributed by atoms with Gasteiger partial charge in [0.05, 0.1) is 6.10 Å². The summed E-state index contributed by atoms with van der Waals surface area (Å²) in [5.41, 5.74) is 2.29. The molecule has 2 atom stereocenters. The summed E-state index contributed by atoms with van der Waals surface area (Å²) in [4.78, 5) is 5.23. The van der Waals surface area contributed by atoms with Crippen LogP contribution < -0.4 is 0 Å². The fraction of sp³-hybridized carbons (Fsp3) is 0.667. The van der Waals surface area contributed by atoms with Crippen LogP contribution in [0.3, 0.4) is 0 Å². The molecule has 3 heteroatoms. The number of aliphatic hydroxyl groups is 1. The van der Waals surface area contributed by atoms with Crippen molar-refractivity contribution in [2.24, 2.45) is 0 Å². The van der Waals surface area contributed by atoms with Gasteiger partial charge in [-0.1, -0.05) is 24.3 Å². The highest BCUT2D eigenvalue weighted by Crippen LogP contribution is 2.24. The predicted molar refractivity (Wildman–Crippen MR) is 86.4 cm³/mol. The van der Waals surface area contributed by atoms with Gasteiger partial charge in [0.1, 0.15) is 0 Å². The fourth-order valence-corrected chi connectivity index (χ4v) is 3.91. The molecular weight excluding hydrogens is 260 g/mol. The fourth-order valence-electron chi connectivity index (χ4n) is 3.91. The second-order valence-electron chi connectivity index (χ2n) is 6.65. The van der Waals surface area contributed by atoms with E-state index >= 15 is 0 Å². The average molecular weight is 288 g/mol. The van der Waals surface area contributed by atoms with E-state index in [9.17, 15) is 5.11 Å². The molecule has 1 aromatic carbocycles. The van der Waals surface area contributed by atoms with Gasteiger partial charge in [0.2, 0.25) is 0 Å². The summed E-state index contributed by atoms with van der Waals surface area (Å²) < 4.78 is 0. The van der Waals surface area contributed by atoms with Gasteiger partial charge in [-0.3, -0.25) is 4.90 Å². The molecule has 2 fully saturated rings. The summed E-state index contributed by atoms with van der Waals surface area (Å²) in [5, 5.41) is 10.5. The van der Waals surface area contributed by atoms with Crippen LogP contribution in [-0.4, -0.2) is 53.7 Å². The Morgan fingerprint density at radius 2 is 2.00 bits per heavy atom. The molecule has 0 spiro atoms. The van der Waals surface area contributed by atoms with Crippen molar-refractivity contribution >= 4 is 0 Å². The minimum absolute atomic E-state index is 0.325. The van der Waals surface area contributed by atoms with Crippen LogP contribution in [0.5, 0.6) is 0 Å². The van der Waals surface area contributed by atoms with Crippen molar-refractivity contribution in [1.82, 2.24) is 9.80 Å². The number of aliphatic hydroxyl groups excluding tert-OH is 1. The van der Waals surface area contributed by atoms with Crippen molar-refractivity contribution in [2.45, 2.75) is 44.8 Å². The maximum atomic E-state index is 10.5. The normalized spacial score (nSPS) is 25.5. The van der Waals surface area contributed by atoms with Crippen LogP contribution in [0.4, 0.5) is 0 Å². The van der Waals surface area contributed by atoms with Crippen molar-refractivity contribution in [3.05, 3.63) is 35.4 Å². The zero-order valence-corrected chi connectivity index (χ0v) is 13.2. The van der Waals surface area contributed by atoms with Crippen molar-refractivity contribution in [1.29, 1.82) is 0 Å². The topological polar surface area (TPSA) is 26.7 Å². The van der Waals surface area contributed by atoms with Gasteiger partial charge in [0, 0.05) is 19.1 Å². The van der Waals surface area contributed by atoms with Crippen molar-refractivity contribution in [2.75, 3.05) is 32.7 Å². The van der Waals surface area contributed by atoms with E-state index in [2.05, 4.69) is 28.9 Å². The summed E-state index contributed by atoms with van der Waals surface area (Å²) in [5.74, 6) is 0. The summed E-state index contributed by atoms with van der Waals surface area (Å²) in [6.45, 7) is 8.04. The lowest BCUT2D eigenvalue weighted by molar-refractivity contribution is 0.137. The van der Waals surface area contributed by atoms with E-state index in [-0.39, 0.29) is 6.10 Å². The lowest BCUT2D eigenvalue weighted by atomic mass is 10.0. The standard InChI is InChI=1S/C18H28N2O/c1-15-6-2-3-8-17(15)18(21)9-13-19-10-5-12-20-11-4-7-16(20)14-19/h2-3,6,8,16,18,21H,4-5,7,9-14H2,1H3. The summed E-state index contributed by atoms with van der Waals surface area (Å²) in [7, 11) is 0. The van der Waals surface area contributed by atoms with E-state index in [0.29, 0.717) is 0 Å². The molecule has 0 aromatic heterocycles. The Hall–Kier alpha value is -0.900. The van der Waals surface area contributed by atoms with E-state index in [1.54, 1.807) is 0 Å². The lowest BCUT2D eigenvalue weighted by Crippen LogP contribution is -2.37. The van der Waals surface area contributed by atoms with Crippen molar-refractivity contribution < 1.29 is 5.11 Å². The van der Waals surface area contributed by atoms with Crippen LogP contribution in [0.1, 0.15) is 42.9 Å². The van der Waals surface area contributed by atoms with Crippen LogP contribution in [0, 0.1) is 6.92 Å². The molecule has 2 aliphatic heterocycles. The molecule has 1 aromatic rings. The Labute approximate surface area is 128 Å². The molecular formula is C18H28N2O. The van der Waals surface area contributed by atoms with Crippen molar-refractivity contribution in [3.8, 4) is 0 Å². The lowest BCUT2D eigenvalue weighted by Gasteiger charge is -2.26. The number of nitrogens with zero attached hydrogens (tertiary/aromatic N) is 2. The smallest absolute Gasteiger partial charge is 0.0804 e. The molecule has 116 valence electrons. The number of benzene rings is 1. The van der Waals surface area contributed by atoms with Crippen LogP contribution in [0.2, 0.25) is 0 Å². The second kappa shape index (κ2) is 6.91. The van der Waals surface area contributed by atoms with E-state index < -0.39 is 0 Å². The molecule has 0 saturated carbocycles. The van der Waals surface area contributed by atoms with E-state index in [1.807, 2.05) is 12.1 Å². The predicted octanol–water partition coefficient (Wildman–Crippen LogP) is 2.59. The zero-order valence-electron chi connectivity index (χ0n) is 13.2. The SMILES string of the molecule is Cc1ccccc1C(O)CCN1CCCN2CCCC2C1. The molecule has 0 bridgehead atoms. The Kier molecular flexibility index (Phi) is 4.94. The third-order valence-electron chi connectivity index (χ3n) is 5.15. The highest BCUT2D eigenvalue weighted by atomic mass is 16.3. The third kappa shape index (κ3) is 3.65. The molecule has 0 radical (unpaired) electrons. The van der Waals surface area contributed by atoms with Crippen LogP contribution in [-0.2, 0) is 0 Å². The first-order chi connectivity index (χ1) is 10.2. The Morgan fingerprint density at radius 1 is 1.19 bits per heavy atom. The van der Waals surface area contributed by atoms with Crippen molar-refractivity contribution in [3.63, 3.8) is 0 Å². The second-order valence-corrected chi connectivity index (χ2v) is 6.65. The average Bonchev–Trinajstić information content (AvgIpc) is 2.83. The molecule has 2 unspecified atom stereocenters. The number of fused-ring (bicyclic) bond motifs is 1. The molecule has 1 N–H and O–H groups in total. The summed E-state index contributed by atoms with van der Waals surface area (Å²) in [6, 6.07) is 8.97. The van der Waals surface area contributed by atoms with Crippen LogP contribution >= 0.6 is 0 Å². The van der Waals surface area contributed by atoms with Gasteiger partial charge in [-0.05, 0) is 63.4 Å². The molecule has 3 nitrogen and oxygen atoms in total. The number of aryl methyl sites for hydroxylation is 1. The van der Waals surface area contributed by atoms with Gasteiger partial charge in [-0.2, -0.15) is 0 Å². The van der Waals surface area contributed by atoms with E-state index in [4.69, 9.17) is 0 Å². The molecule has 21 heavy (non-hydrogen) atoms. The van der Waals surface area contributed by atoms with Gasteiger partial charge in [0.15, 0.2) is 0 Å². The Bertz CT molecular complexity index is 462. The first-order valence-electron chi connectivity index (χ1n) is 8.44. The molecule has 2 aliphatic rings. The Balaban J connectivity index is 1.53. The Morgan fingerprint density at radius 3 is 2.86 bits per heavy atom. The van der Waals surface area contributed by atoms with Crippen LogP contribution in [0.25, 0.3) is 0 Å². The quantitative estimate of drug-likeness (QED) is 0.922. The molecule has 0 aliphatic carbocycles. The monoisotopic (exact) mass is 288 g/mol. The first kappa shape index (κ1) is 15.0. The first-order valence-corrected chi connectivity index (χ1v) is 8.44. The highest BCUT2D eigenvalue weighted by Gasteiger charge is 2.28. The van der Waals surface area contributed by atoms with Crippen LogP contribution in [0.15, 0.2) is 24.3 Å². The van der Waals surface area contributed by atoms with Gasteiger partial charge in [0.25, 0.3) is 0 Å². The van der Waals surface area contributed by atoms with Gasteiger partial charge in [-0.25, -0.2) is 0 Å². The maximum absolute atomic E-state index is 10.5. The summed E-state index contributed by atoms with van der Waals surface area (Å²) >= 11 is 0. The van der Waals surface area contributed by atoms with Gasteiger partial charge < -0.3 is 10.0 Å². The number of hydrogen-bond acceptors (Lipinski definition) is 3. The molecule has 0 amide bonds. The number of rotatable bonds is 4. The largest absolute Gasteiger partial charge is 0.388 e. The van der Waals surface area contributed by atoms with Gasteiger partial charge >= 0.3 is 0 Å². The summed E-state index contributed by atoms with van der Waals surface area (Å²) in [6.07, 6.45) is 4.52. The molecule has 3 rings (SSSR count). The third-order valence-corrected chi connectivity index (χ3v) is 5.15. The maximum Gasteiger partial charge on any atom is 0.0804 e. The molecule has 2 heterocycles. The van der Waals surface area contributed by atoms with E-state index in [0.717, 1.165) is 24.6 Å². The molecule has 2 saturated heterocycles. The minimum Gasteiger partial charge on any atom is -0.388 e. The highest BCUT2D eigenvalue weighted by molar-refractivity contribution is 5.27. The van der Waals surface area contributed by atoms with E-state index in [1.165, 1.54) is 51.0 Å². The number of hydrogen-bond donors (Lipinski definition) is 1.